The van der Waals surface area contributed by atoms with E-state index in [2.05, 4.69) is 6.92 Å². The van der Waals surface area contributed by atoms with Crippen LogP contribution in [-0.4, -0.2) is 16.2 Å². The zero-order chi connectivity index (χ0) is 17.6. The molecule has 1 fully saturated rings. The number of hydrogen-bond acceptors (Lipinski definition) is 5. The van der Waals surface area contributed by atoms with Gasteiger partial charge < -0.3 is 9.32 Å². The van der Waals surface area contributed by atoms with Gasteiger partial charge in [0.2, 0.25) is 0 Å². The Balaban J connectivity index is 1.94. The van der Waals surface area contributed by atoms with Crippen molar-refractivity contribution in [2.45, 2.75) is 25.8 Å². The van der Waals surface area contributed by atoms with Crippen LogP contribution in [0.4, 0.5) is 5.82 Å². The lowest BCUT2D eigenvalue weighted by Crippen LogP contribution is -2.41. The third-order valence-corrected chi connectivity index (χ3v) is 4.66. The largest absolute Gasteiger partial charge is 0.464 e. The molecule has 2 aromatic rings. The summed E-state index contributed by atoms with van der Waals surface area (Å²) in [6.45, 7) is 2.56. The van der Waals surface area contributed by atoms with Gasteiger partial charge in [0, 0.05) is 27.1 Å². The first-order valence-electron chi connectivity index (χ1n) is 7.85. The van der Waals surface area contributed by atoms with Crippen LogP contribution in [0.3, 0.4) is 0 Å². The predicted octanol–water partition coefficient (Wildman–Crippen LogP) is 1.31. The summed E-state index contributed by atoms with van der Waals surface area (Å²) >= 11 is 0. The minimum Gasteiger partial charge on any atom is -0.464 e. The highest BCUT2D eigenvalue weighted by Gasteiger charge is 2.36. The number of aromatic nitrogens is 2. The maximum absolute atomic E-state index is 12.2. The van der Waals surface area contributed by atoms with Gasteiger partial charge in [0.25, 0.3) is 5.56 Å². The summed E-state index contributed by atoms with van der Waals surface area (Å²) in [7, 11) is 4.65. The molecule has 0 spiro atoms. The van der Waals surface area contributed by atoms with E-state index in [0.29, 0.717) is 24.2 Å². The molecule has 0 unspecified atom stereocenters. The second kappa shape index (κ2) is 5.71. The lowest BCUT2D eigenvalue weighted by atomic mass is 10.2. The van der Waals surface area contributed by atoms with Crippen LogP contribution in [-0.2, 0) is 20.6 Å². The molecule has 0 aromatic carbocycles. The molecule has 0 aliphatic heterocycles. The van der Waals surface area contributed by atoms with Gasteiger partial charge in [0.05, 0.1) is 6.54 Å². The first-order chi connectivity index (χ1) is 11.3. The quantitative estimate of drug-likeness (QED) is 0.845. The van der Waals surface area contributed by atoms with Gasteiger partial charge in [0.1, 0.15) is 23.4 Å². The zero-order valence-electron chi connectivity index (χ0n) is 14.2. The third-order valence-electron chi connectivity index (χ3n) is 4.66. The second-order valence-electron chi connectivity index (χ2n) is 6.50. The maximum atomic E-state index is 12.2. The zero-order valence-corrected chi connectivity index (χ0v) is 14.2. The smallest absolute Gasteiger partial charge is 0.332 e. The van der Waals surface area contributed by atoms with E-state index in [1.54, 1.807) is 19.0 Å². The van der Waals surface area contributed by atoms with Crippen molar-refractivity contribution in [3.63, 3.8) is 0 Å². The highest BCUT2D eigenvalue weighted by atomic mass is 16.3. The molecule has 0 radical (unpaired) electrons. The van der Waals surface area contributed by atoms with Crippen LogP contribution < -0.4 is 16.1 Å². The molecular formula is C17H20N4O3. The van der Waals surface area contributed by atoms with Gasteiger partial charge in [-0.2, -0.15) is 5.26 Å². The molecule has 1 saturated carbocycles. The van der Waals surface area contributed by atoms with E-state index in [0.717, 1.165) is 22.5 Å². The first-order valence-corrected chi connectivity index (χ1v) is 7.85. The second-order valence-corrected chi connectivity index (χ2v) is 6.50. The van der Waals surface area contributed by atoms with E-state index in [1.807, 2.05) is 18.2 Å². The molecule has 0 amide bonds. The van der Waals surface area contributed by atoms with Gasteiger partial charge in [-0.05, 0) is 24.5 Å². The summed E-state index contributed by atoms with van der Waals surface area (Å²) in [5, 5.41) is 9.34. The summed E-state index contributed by atoms with van der Waals surface area (Å²) in [6, 6.07) is 5.80. The normalized spacial score (nSPS) is 19.1. The van der Waals surface area contributed by atoms with Crippen LogP contribution in [0, 0.1) is 17.2 Å². The number of nitriles is 1. The van der Waals surface area contributed by atoms with Crippen molar-refractivity contribution in [1.82, 2.24) is 9.13 Å². The Kier molecular flexibility index (Phi) is 3.84. The highest BCUT2D eigenvalue weighted by Crippen LogP contribution is 2.47. The van der Waals surface area contributed by atoms with Gasteiger partial charge in [-0.3, -0.25) is 13.9 Å². The molecule has 7 nitrogen and oxygen atoms in total. The maximum Gasteiger partial charge on any atom is 0.332 e. The van der Waals surface area contributed by atoms with Gasteiger partial charge in [0.15, 0.2) is 5.56 Å². The summed E-state index contributed by atoms with van der Waals surface area (Å²) in [5.74, 6) is 3.16. The number of furan rings is 1. The SMILES string of the molecule is C[C@H]1C[C@@H]1c1ccc(CN(C)c2c(C#N)c(=O)n(C)c(=O)n2C)o1. The molecule has 0 N–H and O–H groups in total. The molecule has 1 aliphatic carbocycles. The minimum absolute atomic E-state index is 0.0512. The van der Waals surface area contributed by atoms with Crippen LogP contribution in [0.25, 0.3) is 0 Å². The van der Waals surface area contributed by atoms with Crippen LogP contribution in [0.1, 0.15) is 36.3 Å². The highest BCUT2D eigenvalue weighted by molar-refractivity contribution is 5.53. The molecular weight excluding hydrogens is 308 g/mol. The number of anilines is 1. The molecule has 2 aromatic heterocycles. The van der Waals surface area contributed by atoms with Crippen molar-refractivity contribution in [3.8, 4) is 6.07 Å². The van der Waals surface area contributed by atoms with E-state index in [9.17, 15) is 14.9 Å². The predicted molar refractivity (Wildman–Crippen MR) is 89.0 cm³/mol. The fraction of sp³-hybridized carbons (Fsp3) is 0.471. The lowest BCUT2D eigenvalue weighted by molar-refractivity contribution is 0.459. The van der Waals surface area contributed by atoms with Crippen LogP contribution in [0.15, 0.2) is 26.1 Å². The molecule has 2 atom stereocenters. The van der Waals surface area contributed by atoms with Crippen molar-refractivity contribution in [3.05, 3.63) is 50.1 Å². The Morgan fingerprint density at radius 1 is 1.33 bits per heavy atom. The van der Waals surface area contributed by atoms with Crippen LogP contribution in [0.5, 0.6) is 0 Å². The lowest BCUT2D eigenvalue weighted by Gasteiger charge is -2.22. The molecule has 3 rings (SSSR count). The fourth-order valence-electron chi connectivity index (χ4n) is 3.08. The van der Waals surface area contributed by atoms with Gasteiger partial charge in [-0.25, -0.2) is 4.79 Å². The van der Waals surface area contributed by atoms with Crippen molar-refractivity contribution >= 4 is 5.82 Å². The van der Waals surface area contributed by atoms with Gasteiger partial charge in [-0.15, -0.1) is 0 Å². The van der Waals surface area contributed by atoms with E-state index in [4.69, 9.17) is 4.42 Å². The summed E-state index contributed by atoms with van der Waals surface area (Å²) < 4.78 is 8.12. The molecule has 0 bridgehead atoms. The van der Waals surface area contributed by atoms with Gasteiger partial charge in [-0.1, -0.05) is 6.92 Å². The Bertz CT molecular complexity index is 944. The van der Waals surface area contributed by atoms with E-state index in [1.165, 1.54) is 11.6 Å². The van der Waals surface area contributed by atoms with E-state index < -0.39 is 11.2 Å². The average molecular weight is 328 g/mol. The summed E-state index contributed by atoms with van der Waals surface area (Å²) in [4.78, 5) is 26.0. The summed E-state index contributed by atoms with van der Waals surface area (Å²) in [5.41, 5.74) is -1.10. The molecule has 0 saturated heterocycles. The topological polar surface area (TPSA) is 84.2 Å². The third kappa shape index (κ3) is 2.54. The Morgan fingerprint density at radius 2 is 2.00 bits per heavy atom. The molecule has 1 aliphatic rings. The van der Waals surface area contributed by atoms with Crippen molar-refractivity contribution in [2.24, 2.45) is 20.0 Å². The van der Waals surface area contributed by atoms with Crippen molar-refractivity contribution < 1.29 is 4.42 Å². The van der Waals surface area contributed by atoms with Crippen LogP contribution >= 0.6 is 0 Å². The number of nitrogens with zero attached hydrogens (tertiary/aromatic N) is 4. The Morgan fingerprint density at radius 3 is 2.58 bits per heavy atom. The molecule has 2 heterocycles. The number of rotatable bonds is 4. The van der Waals surface area contributed by atoms with E-state index in [-0.39, 0.29) is 5.56 Å². The minimum atomic E-state index is -0.589. The van der Waals surface area contributed by atoms with E-state index >= 15 is 0 Å². The molecule has 24 heavy (non-hydrogen) atoms. The van der Waals surface area contributed by atoms with Crippen LogP contribution in [0.2, 0.25) is 0 Å². The Labute approximate surface area is 139 Å². The number of hydrogen-bond donors (Lipinski definition) is 0. The monoisotopic (exact) mass is 328 g/mol. The average Bonchev–Trinajstić information content (AvgIpc) is 3.10. The fourth-order valence-corrected chi connectivity index (χ4v) is 3.08. The molecule has 126 valence electrons. The van der Waals surface area contributed by atoms with Gasteiger partial charge >= 0.3 is 5.69 Å². The Hall–Kier alpha value is -2.75. The first kappa shape index (κ1) is 16.1. The molecule has 7 heteroatoms. The summed E-state index contributed by atoms with van der Waals surface area (Å²) in [6.07, 6.45) is 1.14. The van der Waals surface area contributed by atoms with Crippen molar-refractivity contribution in [1.29, 1.82) is 5.26 Å². The standard InChI is InChI=1S/C17H20N4O3/c1-10-7-12(10)14-6-5-11(24-14)9-19(2)15-13(8-18)16(22)21(4)17(23)20(15)3/h5-6,10,12H,7,9H2,1-4H3/t10-,12-/m0/s1. The van der Waals surface area contributed by atoms with Crippen molar-refractivity contribution in [2.75, 3.05) is 11.9 Å².